The van der Waals surface area contributed by atoms with E-state index in [9.17, 15) is 4.79 Å². The molecule has 0 radical (unpaired) electrons. The van der Waals surface area contributed by atoms with Crippen molar-refractivity contribution in [2.24, 2.45) is 0 Å². The van der Waals surface area contributed by atoms with Crippen LogP contribution in [0.4, 0.5) is 5.82 Å². The van der Waals surface area contributed by atoms with E-state index in [1.54, 1.807) is 6.33 Å². The number of fused-ring (bicyclic) bond motifs is 1. The number of halogens is 1. The van der Waals surface area contributed by atoms with Crippen molar-refractivity contribution in [3.05, 3.63) is 29.0 Å². The molecule has 1 saturated heterocycles. The number of hydrogen-bond donors (Lipinski definition) is 0. The molecule has 2 heterocycles. The molecule has 1 aromatic carbocycles. The quantitative estimate of drug-likeness (QED) is 0.836. The number of carbonyl (C=O) groups is 1. The van der Waals surface area contributed by atoms with Crippen LogP contribution in [0.15, 0.2) is 29.0 Å². The Kier molecular flexibility index (Phi) is 4.05. The van der Waals surface area contributed by atoms with Gasteiger partial charge in [0.1, 0.15) is 12.1 Å². The van der Waals surface area contributed by atoms with Gasteiger partial charge in [-0.05, 0) is 18.2 Å². The Morgan fingerprint density at radius 2 is 2.00 bits per heavy atom. The monoisotopic (exact) mass is 348 g/mol. The van der Waals surface area contributed by atoms with Gasteiger partial charge in [0.05, 0.1) is 5.52 Å². The van der Waals surface area contributed by atoms with Gasteiger partial charge in [-0.3, -0.25) is 4.79 Å². The molecule has 0 N–H and O–H groups in total. The molecule has 21 heavy (non-hydrogen) atoms. The lowest BCUT2D eigenvalue weighted by atomic mass is 10.2. The molecular weight excluding hydrogens is 332 g/mol. The van der Waals surface area contributed by atoms with E-state index in [1.165, 1.54) is 0 Å². The smallest absolute Gasteiger partial charge is 0.222 e. The molecule has 0 unspecified atom stereocenters. The second-order valence-corrected chi connectivity index (χ2v) is 6.00. The Balaban J connectivity index is 1.85. The molecule has 0 atom stereocenters. The molecule has 3 rings (SSSR count). The number of piperazine rings is 1. The summed E-state index contributed by atoms with van der Waals surface area (Å²) in [4.78, 5) is 24.7. The van der Waals surface area contributed by atoms with E-state index < -0.39 is 0 Å². The van der Waals surface area contributed by atoms with Gasteiger partial charge < -0.3 is 9.80 Å². The zero-order valence-electron chi connectivity index (χ0n) is 11.9. The average Bonchev–Trinajstić information content (AvgIpc) is 2.53. The maximum atomic E-state index is 11.7. The minimum Gasteiger partial charge on any atom is -0.352 e. The predicted molar refractivity (Wildman–Crippen MR) is 86.3 cm³/mol. The van der Waals surface area contributed by atoms with Crippen LogP contribution in [0.1, 0.15) is 13.3 Å². The van der Waals surface area contributed by atoms with Crippen molar-refractivity contribution >= 4 is 38.6 Å². The number of anilines is 1. The summed E-state index contributed by atoms with van der Waals surface area (Å²) >= 11 is 3.50. The Hall–Kier alpha value is -1.69. The number of hydrogen-bond acceptors (Lipinski definition) is 4. The van der Waals surface area contributed by atoms with Gasteiger partial charge in [-0.1, -0.05) is 22.9 Å². The van der Waals surface area contributed by atoms with Gasteiger partial charge in [-0.2, -0.15) is 0 Å². The van der Waals surface area contributed by atoms with E-state index in [0.29, 0.717) is 6.42 Å². The van der Waals surface area contributed by atoms with Crippen LogP contribution in [-0.4, -0.2) is 47.0 Å². The molecule has 1 fully saturated rings. The van der Waals surface area contributed by atoms with E-state index >= 15 is 0 Å². The van der Waals surface area contributed by atoms with E-state index in [-0.39, 0.29) is 5.91 Å². The van der Waals surface area contributed by atoms with E-state index in [0.717, 1.165) is 47.4 Å². The fraction of sp³-hybridized carbons (Fsp3) is 0.400. The minimum absolute atomic E-state index is 0.227. The lowest BCUT2D eigenvalue weighted by Gasteiger charge is -2.35. The third kappa shape index (κ3) is 2.85. The van der Waals surface area contributed by atoms with Crippen LogP contribution >= 0.6 is 15.9 Å². The van der Waals surface area contributed by atoms with Gasteiger partial charge in [-0.25, -0.2) is 9.97 Å². The molecule has 1 amide bonds. The van der Waals surface area contributed by atoms with Crippen LogP contribution in [0.2, 0.25) is 0 Å². The van der Waals surface area contributed by atoms with Crippen LogP contribution in [0.3, 0.4) is 0 Å². The third-order valence-corrected chi connectivity index (χ3v) is 4.30. The number of carbonyl (C=O) groups excluding carboxylic acids is 1. The SMILES string of the molecule is CCC(=O)N1CCN(c2ncnc3ccc(Br)cc23)CC1. The summed E-state index contributed by atoms with van der Waals surface area (Å²) in [6.07, 6.45) is 2.18. The first-order chi connectivity index (χ1) is 10.2. The highest BCUT2D eigenvalue weighted by atomic mass is 79.9. The zero-order chi connectivity index (χ0) is 14.8. The van der Waals surface area contributed by atoms with Crippen LogP contribution in [0.5, 0.6) is 0 Å². The fourth-order valence-corrected chi connectivity index (χ4v) is 3.02. The number of aromatic nitrogens is 2. The number of benzene rings is 1. The van der Waals surface area contributed by atoms with E-state index in [1.807, 2.05) is 30.0 Å². The summed E-state index contributed by atoms with van der Waals surface area (Å²) in [5.74, 6) is 1.18. The molecule has 0 bridgehead atoms. The molecular formula is C15H17BrN4O. The topological polar surface area (TPSA) is 49.3 Å². The Morgan fingerprint density at radius 3 is 2.71 bits per heavy atom. The first-order valence-corrected chi connectivity index (χ1v) is 7.91. The number of nitrogens with zero attached hydrogens (tertiary/aromatic N) is 4. The second kappa shape index (κ2) is 5.97. The highest BCUT2D eigenvalue weighted by Crippen LogP contribution is 2.26. The highest BCUT2D eigenvalue weighted by Gasteiger charge is 2.22. The standard InChI is InChI=1S/C15H17BrN4O/c1-2-14(21)19-5-7-20(8-6-19)15-12-9-11(16)3-4-13(12)17-10-18-15/h3-4,9-10H,2,5-8H2,1H3. The maximum Gasteiger partial charge on any atom is 0.222 e. The summed E-state index contributed by atoms with van der Waals surface area (Å²) < 4.78 is 1.02. The Morgan fingerprint density at radius 1 is 1.24 bits per heavy atom. The first-order valence-electron chi connectivity index (χ1n) is 7.12. The summed E-state index contributed by atoms with van der Waals surface area (Å²) in [5, 5.41) is 1.04. The summed E-state index contributed by atoms with van der Waals surface area (Å²) in [6.45, 7) is 5.04. The van der Waals surface area contributed by atoms with Gasteiger partial charge in [0.2, 0.25) is 5.91 Å². The van der Waals surface area contributed by atoms with E-state index in [2.05, 4.69) is 30.8 Å². The number of amides is 1. The van der Waals surface area contributed by atoms with Gasteiger partial charge in [0.15, 0.2) is 0 Å². The molecule has 0 aliphatic carbocycles. The highest BCUT2D eigenvalue weighted by molar-refractivity contribution is 9.10. The van der Waals surface area contributed by atoms with E-state index in [4.69, 9.17) is 0 Å². The summed E-state index contributed by atoms with van der Waals surface area (Å²) in [5.41, 5.74) is 0.940. The molecule has 1 aliphatic rings. The zero-order valence-corrected chi connectivity index (χ0v) is 13.5. The fourth-order valence-electron chi connectivity index (χ4n) is 2.66. The van der Waals surface area contributed by atoms with Crippen molar-refractivity contribution in [2.75, 3.05) is 31.1 Å². The lowest BCUT2D eigenvalue weighted by Crippen LogP contribution is -2.48. The molecule has 6 heteroatoms. The average molecular weight is 349 g/mol. The molecule has 0 spiro atoms. The van der Waals surface area contributed by atoms with Gasteiger partial charge in [-0.15, -0.1) is 0 Å². The van der Waals surface area contributed by atoms with Crippen molar-refractivity contribution in [3.8, 4) is 0 Å². The van der Waals surface area contributed by atoms with Crippen LogP contribution < -0.4 is 4.90 Å². The maximum absolute atomic E-state index is 11.7. The van der Waals surface area contributed by atoms with Crippen molar-refractivity contribution in [1.82, 2.24) is 14.9 Å². The largest absolute Gasteiger partial charge is 0.352 e. The van der Waals surface area contributed by atoms with Crippen molar-refractivity contribution in [3.63, 3.8) is 0 Å². The first kappa shape index (κ1) is 14.3. The van der Waals surface area contributed by atoms with Gasteiger partial charge in [0, 0.05) is 42.5 Å². The lowest BCUT2D eigenvalue weighted by molar-refractivity contribution is -0.131. The third-order valence-electron chi connectivity index (χ3n) is 3.81. The predicted octanol–water partition coefficient (Wildman–Crippen LogP) is 2.45. The normalized spacial score (nSPS) is 15.5. The number of rotatable bonds is 2. The minimum atomic E-state index is 0.227. The summed E-state index contributed by atoms with van der Waals surface area (Å²) in [7, 11) is 0. The van der Waals surface area contributed by atoms with Gasteiger partial charge in [0.25, 0.3) is 0 Å². The second-order valence-electron chi connectivity index (χ2n) is 5.08. The summed E-state index contributed by atoms with van der Waals surface area (Å²) in [6, 6.07) is 6.02. The van der Waals surface area contributed by atoms with Crippen molar-refractivity contribution < 1.29 is 4.79 Å². The Bertz CT molecular complexity index is 668. The molecule has 2 aromatic rings. The molecule has 110 valence electrons. The van der Waals surface area contributed by atoms with Crippen LogP contribution in [0.25, 0.3) is 10.9 Å². The van der Waals surface area contributed by atoms with Crippen LogP contribution in [-0.2, 0) is 4.79 Å². The molecule has 0 saturated carbocycles. The molecule has 5 nitrogen and oxygen atoms in total. The van der Waals surface area contributed by atoms with Crippen LogP contribution in [0, 0.1) is 0 Å². The van der Waals surface area contributed by atoms with Gasteiger partial charge >= 0.3 is 0 Å². The van der Waals surface area contributed by atoms with Crippen molar-refractivity contribution in [2.45, 2.75) is 13.3 Å². The Labute approximate surface area is 132 Å². The van der Waals surface area contributed by atoms with Crippen molar-refractivity contribution in [1.29, 1.82) is 0 Å². The molecule has 1 aliphatic heterocycles. The molecule has 1 aromatic heterocycles.